The molecule has 6 heteroatoms. The number of hydrogen-bond donors (Lipinski definition) is 1. The molecular formula is C12H19N4O2+. The van der Waals surface area contributed by atoms with Gasteiger partial charge in [0.15, 0.2) is 6.20 Å². The van der Waals surface area contributed by atoms with E-state index in [1.807, 2.05) is 9.47 Å². The quantitative estimate of drug-likeness (QED) is 0.473. The SMILES string of the molecule is O=Nc1c[n+](CCCCC(=O)N2CCCC2)c[nH]1. The van der Waals surface area contributed by atoms with Crippen molar-refractivity contribution in [2.24, 2.45) is 5.18 Å². The predicted octanol–water partition coefficient (Wildman–Crippen LogP) is 1.49. The third kappa shape index (κ3) is 3.38. The Bertz CT molecular complexity index is 410. The van der Waals surface area contributed by atoms with Crippen molar-refractivity contribution in [3.05, 3.63) is 17.4 Å². The van der Waals surface area contributed by atoms with E-state index in [1.54, 1.807) is 12.5 Å². The topological polar surface area (TPSA) is 69.4 Å². The summed E-state index contributed by atoms with van der Waals surface area (Å²) in [6, 6.07) is 0. The van der Waals surface area contributed by atoms with Gasteiger partial charge in [-0.15, -0.1) is 4.91 Å². The number of H-pyrrole nitrogens is 1. The summed E-state index contributed by atoms with van der Waals surface area (Å²) in [4.78, 5) is 26.7. The van der Waals surface area contributed by atoms with Gasteiger partial charge in [0, 0.05) is 24.7 Å². The molecule has 1 amide bonds. The number of carbonyl (C=O) groups is 1. The van der Waals surface area contributed by atoms with Gasteiger partial charge in [-0.2, -0.15) is 0 Å². The fraction of sp³-hybridized carbons (Fsp3) is 0.667. The molecule has 0 aromatic carbocycles. The highest BCUT2D eigenvalue weighted by Crippen LogP contribution is 2.10. The van der Waals surface area contributed by atoms with Crippen molar-refractivity contribution in [3.8, 4) is 0 Å². The van der Waals surface area contributed by atoms with Crippen molar-refractivity contribution in [1.29, 1.82) is 0 Å². The van der Waals surface area contributed by atoms with Crippen LogP contribution in [0, 0.1) is 4.91 Å². The van der Waals surface area contributed by atoms with Crippen molar-refractivity contribution < 1.29 is 9.36 Å². The molecule has 0 spiro atoms. The van der Waals surface area contributed by atoms with E-state index >= 15 is 0 Å². The van der Waals surface area contributed by atoms with E-state index in [4.69, 9.17) is 0 Å². The second kappa shape index (κ2) is 6.28. The van der Waals surface area contributed by atoms with Crippen LogP contribution in [0.5, 0.6) is 0 Å². The molecule has 0 unspecified atom stereocenters. The lowest BCUT2D eigenvalue weighted by Gasteiger charge is -2.14. The van der Waals surface area contributed by atoms with Crippen LogP contribution in [0.15, 0.2) is 17.7 Å². The molecule has 1 N–H and O–H groups in total. The van der Waals surface area contributed by atoms with E-state index in [0.29, 0.717) is 12.2 Å². The van der Waals surface area contributed by atoms with E-state index in [0.717, 1.165) is 45.3 Å². The van der Waals surface area contributed by atoms with Crippen LogP contribution in [-0.4, -0.2) is 28.9 Å². The zero-order valence-corrected chi connectivity index (χ0v) is 10.5. The van der Waals surface area contributed by atoms with Gasteiger partial charge in [-0.1, -0.05) is 0 Å². The number of unbranched alkanes of at least 4 members (excludes halogenated alkanes) is 1. The third-order valence-electron chi connectivity index (χ3n) is 3.28. The van der Waals surface area contributed by atoms with Crippen LogP contribution in [0.2, 0.25) is 0 Å². The Morgan fingerprint density at radius 2 is 2.17 bits per heavy atom. The number of nitrogens with zero attached hydrogens (tertiary/aromatic N) is 3. The number of rotatable bonds is 6. The van der Waals surface area contributed by atoms with Crippen LogP contribution >= 0.6 is 0 Å². The zero-order valence-electron chi connectivity index (χ0n) is 10.5. The summed E-state index contributed by atoms with van der Waals surface area (Å²) in [6.45, 7) is 2.67. The monoisotopic (exact) mass is 251 g/mol. The smallest absolute Gasteiger partial charge is 0.298 e. The molecule has 6 nitrogen and oxygen atoms in total. The molecule has 1 aliphatic heterocycles. The van der Waals surface area contributed by atoms with Gasteiger partial charge >= 0.3 is 0 Å². The molecule has 0 saturated carbocycles. The highest BCUT2D eigenvalue weighted by Gasteiger charge is 2.17. The van der Waals surface area contributed by atoms with Gasteiger partial charge in [-0.05, 0) is 25.7 Å². The summed E-state index contributed by atoms with van der Waals surface area (Å²) < 4.78 is 1.89. The molecular weight excluding hydrogens is 232 g/mol. The number of carbonyl (C=O) groups excluding carboxylic acids is 1. The molecule has 0 aliphatic carbocycles. The van der Waals surface area contributed by atoms with Gasteiger partial charge in [0.05, 0.1) is 6.54 Å². The Hall–Kier alpha value is -1.72. The van der Waals surface area contributed by atoms with Crippen molar-refractivity contribution >= 4 is 11.7 Å². The van der Waals surface area contributed by atoms with Crippen molar-refractivity contribution in [3.63, 3.8) is 0 Å². The van der Waals surface area contributed by atoms with Gasteiger partial charge < -0.3 is 4.90 Å². The second-order valence-corrected chi connectivity index (χ2v) is 4.66. The van der Waals surface area contributed by atoms with Crippen molar-refractivity contribution in [2.45, 2.75) is 38.6 Å². The molecule has 1 aromatic rings. The molecule has 2 rings (SSSR count). The van der Waals surface area contributed by atoms with E-state index in [1.165, 1.54) is 0 Å². The van der Waals surface area contributed by atoms with E-state index in [-0.39, 0.29) is 5.91 Å². The highest BCUT2D eigenvalue weighted by atomic mass is 16.3. The van der Waals surface area contributed by atoms with E-state index in [9.17, 15) is 9.70 Å². The lowest BCUT2D eigenvalue weighted by atomic mass is 10.2. The molecule has 0 bridgehead atoms. The Morgan fingerprint density at radius 3 is 2.83 bits per heavy atom. The first-order chi connectivity index (χ1) is 8.79. The van der Waals surface area contributed by atoms with Crippen LogP contribution in [0.25, 0.3) is 0 Å². The normalized spacial score (nSPS) is 15.0. The van der Waals surface area contributed by atoms with E-state index < -0.39 is 0 Å². The van der Waals surface area contributed by atoms with Crippen LogP contribution in [0.4, 0.5) is 5.82 Å². The number of nitrogens with one attached hydrogen (secondary N) is 1. The lowest BCUT2D eigenvalue weighted by molar-refractivity contribution is -0.695. The number of nitroso groups, excluding NO2 is 1. The van der Waals surface area contributed by atoms with Crippen LogP contribution in [0.1, 0.15) is 32.1 Å². The predicted molar refractivity (Wildman–Crippen MR) is 66.1 cm³/mol. The molecule has 2 heterocycles. The van der Waals surface area contributed by atoms with Crippen molar-refractivity contribution in [2.75, 3.05) is 13.1 Å². The number of imidazole rings is 1. The molecule has 0 radical (unpaired) electrons. The summed E-state index contributed by atoms with van der Waals surface area (Å²) in [7, 11) is 0. The average molecular weight is 251 g/mol. The summed E-state index contributed by atoms with van der Waals surface area (Å²) in [5.74, 6) is 0.616. The summed E-state index contributed by atoms with van der Waals surface area (Å²) in [5.41, 5.74) is 0. The third-order valence-corrected chi connectivity index (χ3v) is 3.28. The largest absolute Gasteiger partial charge is 0.343 e. The number of aromatic amines is 1. The first kappa shape index (κ1) is 12.7. The van der Waals surface area contributed by atoms with E-state index in [2.05, 4.69) is 10.2 Å². The lowest BCUT2D eigenvalue weighted by Crippen LogP contribution is -2.31. The maximum absolute atomic E-state index is 11.8. The average Bonchev–Trinajstić information content (AvgIpc) is 3.05. The summed E-state index contributed by atoms with van der Waals surface area (Å²) in [6.07, 6.45) is 8.13. The first-order valence-corrected chi connectivity index (χ1v) is 6.48. The summed E-state index contributed by atoms with van der Waals surface area (Å²) >= 11 is 0. The number of aryl methyl sites for hydroxylation is 1. The number of likely N-dealkylation sites (tertiary alicyclic amines) is 1. The van der Waals surface area contributed by atoms with Gasteiger partial charge in [0.25, 0.3) is 5.82 Å². The molecule has 1 fully saturated rings. The Balaban J connectivity index is 1.63. The molecule has 1 aromatic heterocycles. The summed E-state index contributed by atoms with van der Waals surface area (Å²) in [5, 5.41) is 2.81. The Morgan fingerprint density at radius 1 is 1.39 bits per heavy atom. The minimum absolute atomic E-state index is 0.279. The molecule has 0 atom stereocenters. The minimum atomic E-state index is 0.279. The molecule has 18 heavy (non-hydrogen) atoms. The van der Waals surface area contributed by atoms with Crippen molar-refractivity contribution in [1.82, 2.24) is 9.88 Å². The molecule has 98 valence electrons. The first-order valence-electron chi connectivity index (χ1n) is 6.48. The molecule has 1 saturated heterocycles. The maximum atomic E-state index is 11.8. The number of aromatic nitrogens is 2. The number of hydrogen-bond acceptors (Lipinski definition) is 3. The van der Waals surface area contributed by atoms with Crippen LogP contribution in [0.3, 0.4) is 0 Å². The van der Waals surface area contributed by atoms with Crippen LogP contribution in [-0.2, 0) is 11.3 Å². The van der Waals surface area contributed by atoms with Gasteiger partial charge in [0.2, 0.25) is 12.2 Å². The zero-order chi connectivity index (χ0) is 12.8. The standard InChI is InChI=1S/C12H18N4O2/c17-12(16-7-3-4-8-16)5-1-2-6-15-9-11(14-18)13-10-15/h9-10H,1-8H2/p+1. The minimum Gasteiger partial charge on any atom is -0.343 e. The second-order valence-electron chi connectivity index (χ2n) is 4.66. The Kier molecular flexibility index (Phi) is 4.44. The fourth-order valence-corrected chi connectivity index (χ4v) is 2.25. The number of amides is 1. The van der Waals surface area contributed by atoms with Gasteiger partial charge in [-0.3, -0.25) is 4.79 Å². The maximum Gasteiger partial charge on any atom is 0.298 e. The fourth-order valence-electron chi connectivity index (χ4n) is 2.25. The van der Waals surface area contributed by atoms with Gasteiger partial charge in [0.1, 0.15) is 0 Å². The highest BCUT2D eigenvalue weighted by molar-refractivity contribution is 5.76. The molecule has 1 aliphatic rings. The van der Waals surface area contributed by atoms with Crippen LogP contribution < -0.4 is 4.57 Å². The Labute approximate surface area is 106 Å². The van der Waals surface area contributed by atoms with Gasteiger partial charge in [-0.25, -0.2) is 9.55 Å².